The molecule has 0 aliphatic carbocycles. The van der Waals surface area contributed by atoms with Crippen molar-refractivity contribution in [2.75, 3.05) is 0 Å². The SMILES string of the molecule is Cc1cc(C(=O)O)c(C)n1Cc1cccc([N+](=O)[O-])c1. The third-order valence-corrected chi connectivity index (χ3v) is 3.27. The summed E-state index contributed by atoms with van der Waals surface area (Å²) in [4.78, 5) is 21.4. The highest BCUT2D eigenvalue weighted by atomic mass is 16.6. The highest BCUT2D eigenvalue weighted by Crippen LogP contribution is 2.19. The zero-order chi connectivity index (χ0) is 14.9. The maximum absolute atomic E-state index is 11.1. The van der Waals surface area contributed by atoms with E-state index in [2.05, 4.69) is 0 Å². The van der Waals surface area contributed by atoms with E-state index in [1.54, 1.807) is 25.1 Å². The molecule has 0 aliphatic heterocycles. The molecule has 0 amide bonds. The van der Waals surface area contributed by atoms with Crippen LogP contribution in [0.1, 0.15) is 27.3 Å². The molecule has 0 atom stereocenters. The van der Waals surface area contributed by atoms with Gasteiger partial charge in [0.25, 0.3) is 5.69 Å². The van der Waals surface area contributed by atoms with Crippen molar-refractivity contribution in [1.82, 2.24) is 4.57 Å². The highest BCUT2D eigenvalue weighted by molar-refractivity contribution is 5.89. The summed E-state index contributed by atoms with van der Waals surface area (Å²) in [5.41, 5.74) is 2.50. The molecule has 0 saturated heterocycles. The van der Waals surface area contributed by atoms with E-state index in [-0.39, 0.29) is 11.3 Å². The van der Waals surface area contributed by atoms with Crippen molar-refractivity contribution in [3.63, 3.8) is 0 Å². The number of carboxylic acid groups (broad SMARTS) is 1. The molecular weight excluding hydrogens is 260 g/mol. The fraction of sp³-hybridized carbons (Fsp3) is 0.214. The van der Waals surface area contributed by atoms with Gasteiger partial charge in [-0.3, -0.25) is 10.1 Å². The first-order chi connectivity index (χ1) is 9.40. The van der Waals surface area contributed by atoms with Gasteiger partial charge in [0.15, 0.2) is 0 Å². The minimum absolute atomic E-state index is 0.0309. The van der Waals surface area contributed by atoms with Crippen LogP contribution >= 0.6 is 0 Å². The minimum atomic E-state index is -0.969. The van der Waals surface area contributed by atoms with Crippen LogP contribution in [0.4, 0.5) is 5.69 Å². The second-order valence-electron chi connectivity index (χ2n) is 4.60. The molecule has 0 fully saturated rings. The van der Waals surface area contributed by atoms with Gasteiger partial charge in [0.1, 0.15) is 0 Å². The molecule has 2 aromatic rings. The van der Waals surface area contributed by atoms with Crippen LogP contribution < -0.4 is 0 Å². The van der Waals surface area contributed by atoms with Gasteiger partial charge >= 0.3 is 5.97 Å². The molecule has 1 heterocycles. The number of nitrogens with zero attached hydrogens (tertiary/aromatic N) is 2. The summed E-state index contributed by atoms with van der Waals surface area (Å²) < 4.78 is 1.84. The highest BCUT2D eigenvalue weighted by Gasteiger charge is 2.15. The van der Waals surface area contributed by atoms with Crippen LogP contribution in [0.2, 0.25) is 0 Å². The van der Waals surface area contributed by atoms with Gasteiger partial charge in [0.2, 0.25) is 0 Å². The molecule has 6 nitrogen and oxygen atoms in total. The van der Waals surface area contributed by atoms with Crippen LogP contribution in [0.5, 0.6) is 0 Å². The maximum Gasteiger partial charge on any atom is 0.337 e. The van der Waals surface area contributed by atoms with Crippen LogP contribution in [0.15, 0.2) is 30.3 Å². The third kappa shape index (κ3) is 2.54. The Kier molecular flexibility index (Phi) is 3.56. The van der Waals surface area contributed by atoms with Crippen LogP contribution in [0, 0.1) is 24.0 Å². The fourth-order valence-corrected chi connectivity index (χ4v) is 2.21. The van der Waals surface area contributed by atoms with E-state index in [1.165, 1.54) is 12.1 Å². The fourth-order valence-electron chi connectivity index (χ4n) is 2.21. The summed E-state index contributed by atoms with van der Waals surface area (Å²) in [6, 6.07) is 7.95. The average Bonchev–Trinajstić information content (AvgIpc) is 2.67. The van der Waals surface area contributed by atoms with E-state index >= 15 is 0 Å². The molecule has 104 valence electrons. The monoisotopic (exact) mass is 274 g/mol. The molecular formula is C14H14N2O4. The lowest BCUT2D eigenvalue weighted by Gasteiger charge is -2.09. The van der Waals surface area contributed by atoms with Gasteiger partial charge in [-0.2, -0.15) is 0 Å². The lowest BCUT2D eigenvalue weighted by atomic mass is 10.2. The van der Waals surface area contributed by atoms with Gasteiger partial charge in [0.05, 0.1) is 10.5 Å². The molecule has 6 heteroatoms. The predicted octanol–water partition coefficient (Wildman–Crippen LogP) is 2.76. The summed E-state index contributed by atoms with van der Waals surface area (Å²) >= 11 is 0. The molecule has 1 N–H and O–H groups in total. The number of benzene rings is 1. The van der Waals surface area contributed by atoms with E-state index < -0.39 is 10.9 Å². The average molecular weight is 274 g/mol. The van der Waals surface area contributed by atoms with Gasteiger partial charge in [-0.05, 0) is 25.5 Å². The van der Waals surface area contributed by atoms with Crippen molar-refractivity contribution in [3.8, 4) is 0 Å². The van der Waals surface area contributed by atoms with Crippen molar-refractivity contribution in [2.24, 2.45) is 0 Å². The van der Waals surface area contributed by atoms with Gasteiger partial charge in [-0.15, -0.1) is 0 Å². The Hall–Kier alpha value is -2.63. The molecule has 0 spiro atoms. The summed E-state index contributed by atoms with van der Waals surface area (Å²) in [5.74, 6) is -0.969. The van der Waals surface area contributed by atoms with Crippen molar-refractivity contribution in [1.29, 1.82) is 0 Å². The second-order valence-corrected chi connectivity index (χ2v) is 4.60. The smallest absolute Gasteiger partial charge is 0.337 e. The number of aromatic nitrogens is 1. The van der Waals surface area contributed by atoms with E-state index in [1.807, 2.05) is 11.5 Å². The van der Waals surface area contributed by atoms with Crippen molar-refractivity contribution >= 4 is 11.7 Å². The summed E-state index contributed by atoms with van der Waals surface area (Å²) in [7, 11) is 0. The van der Waals surface area contributed by atoms with E-state index in [4.69, 9.17) is 5.11 Å². The Balaban J connectivity index is 2.37. The largest absolute Gasteiger partial charge is 0.478 e. The van der Waals surface area contributed by atoms with E-state index in [0.29, 0.717) is 12.2 Å². The predicted molar refractivity (Wildman–Crippen MR) is 73.1 cm³/mol. The molecule has 20 heavy (non-hydrogen) atoms. The Labute approximate surface area is 115 Å². The second kappa shape index (κ2) is 5.16. The molecule has 0 saturated carbocycles. The molecule has 0 aliphatic rings. The van der Waals surface area contributed by atoms with Crippen LogP contribution in [0.3, 0.4) is 0 Å². The number of hydrogen-bond donors (Lipinski definition) is 1. The van der Waals surface area contributed by atoms with Gasteiger partial charge in [-0.1, -0.05) is 12.1 Å². The summed E-state index contributed by atoms with van der Waals surface area (Å²) in [6.45, 7) is 3.96. The van der Waals surface area contributed by atoms with Crippen molar-refractivity contribution < 1.29 is 14.8 Å². The van der Waals surface area contributed by atoms with E-state index in [9.17, 15) is 14.9 Å². The van der Waals surface area contributed by atoms with E-state index in [0.717, 1.165) is 11.3 Å². The molecule has 0 unspecified atom stereocenters. The number of non-ortho nitro benzene ring substituents is 1. The molecule has 0 radical (unpaired) electrons. The van der Waals surface area contributed by atoms with Crippen molar-refractivity contribution in [2.45, 2.75) is 20.4 Å². The Bertz CT molecular complexity index is 688. The quantitative estimate of drug-likeness (QED) is 0.686. The third-order valence-electron chi connectivity index (χ3n) is 3.27. The van der Waals surface area contributed by atoms with Gasteiger partial charge in [0, 0.05) is 30.1 Å². The van der Waals surface area contributed by atoms with Crippen LogP contribution in [-0.2, 0) is 6.54 Å². The number of rotatable bonds is 4. The Morgan fingerprint density at radius 3 is 2.60 bits per heavy atom. The summed E-state index contributed by atoms with van der Waals surface area (Å²) in [6.07, 6.45) is 0. The standard InChI is InChI=1S/C14H14N2O4/c1-9-6-13(14(17)18)10(2)15(9)8-11-4-3-5-12(7-11)16(19)20/h3-7H,8H2,1-2H3,(H,17,18). The maximum atomic E-state index is 11.1. The number of carbonyl (C=O) groups is 1. The molecule has 2 rings (SSSR count). The van der Waals surface area contributed by atoms with Crippen LogP contribution in [0.25, 0.3) is 0 Å². The lowest BCUT2D eigenvalue weighted by Crippen LogP contribution is -2.06. The lowest BCUT2D eigenvalue weighted by molar-refractivity contribution is -0.384. The first kappa shape index (κ1) is 13.8. The summed E-state index contributed by atoms with van der Waals surface area (Å²) in [5, 5.41) is 19.8. The number of nitro groups is 1. The Morgan fingerprint density at radius 1 is 1.35 bits per heavy atom. The molecule has 0 bridgehead atoms. The number of hydrogen-bond acceptors (Lipinski definition) is 3. The minimum Gasteiger partial charge on any atom is -0.478 e. The van der Waals surface area contributed by atoms with Gasteiger partial charge in [-0.25, -0.2) is 4.79 Å². The first-order valence-corrected chi connectivity index (χ1v) is 6.03. The number of aryl methyl sites for hydroxylation is 1. The van der Waals surface area contributed by atoms with Crippen molar-refractivity contribution in [3.05, 3.63) is 63.0 Å². The Morgan fingerprint density at radius 2 is 2.05 bits per heavy atom. The normalized spacial score (nSPS) is 10.5. The molecule has 1 aromatic heterocycles. The number of nitro benzene ring substituents is 1. The van der Waals surface area contributed by atoms with Crippen LogP contribution in [-0.4, -0.2) is 20.6 Å². The molecule has 1 aromatic carbocycles. The number of aromatic carboxylic acids is 1. The topological polar surface area (TPSA) is 85.4 Å². The van der Waals surface area contributed by atoms with Gasteiger partial charge < -0.3 is 9.67 Å². The number of carboxylic acids is 1. The zero-order valence-corrected chi connectivity index (χ0v) is 11.2. The zero-order valence-electron chi connectivity index (χ0n) is 11.2. The first-order valence-electron chi connectivity index (χ1n) is 6.03.